The second-order valence-electron chi connectivity index (χ2n) is 3.06. The standard InChI is InChI=1S/C9H8IN5O2/c1-17-9(16)7-6(11)3-15(14-7)8-5(10)2-12-4-13-8/h2-4H,11H2,1H3. The molecule has 0 radical (unpaired) electrons. The molecule has 2 aromatic heterocycles. The summed E-state index contributed by atoms with van der Waals surface area (Å²) in [6, 6.07) is 0. The molecule has 88 valence electrons. The number of methoxy groups -OCH3 is 1. The summed E-state index contributed by atoms with van der Waals surface area (Å²) in [5.41, 5.74) is 5.99. The van der Waals surface area contributed by atoms with Gasteiger partial charge in [-0.15, -0.1) is 0 Å². The number of carbonyl (C=O) groups is 1. The SMILES string of the molecule is COC(=O)c1nn(-c2ncncc2I)cc1N. The summed E-state index contributed by atoms with van der Waals surface area (Å²) in [6.07, 6.45) is 4.54. The molecule has 0 aromatic carbocycles. The topological polar surface area (TPSA) is 95.9 Å². The summed E-state index contributed by atoms with van der Waals surface area (Å²) in [5.74, 6) is -0.0206. The van der Waals surface area contributed by atoms with Gasteiger partial charge in [0.1, 0.15) is 6.33 Å². The van der Waals surface area contributed by atoms with E-state index in [0.717, 1.165) is 3.57 Å². The predicted octanol–water partition coefficient (Wildman–Crippen LogP) is 0.636. The zero-order chi connectivity index (χ0) is 12.4. The Morgan fingerprint density at radius 1 is 1.59 bits per heavy atom. The zero-order valence-electron chi connectivity index (χ0n) is 8.79. The lowest BCUT2D eigenvalue weighted by atomic mass is 10.4. The van der Waals surface area contributed by atoms with Crippen LogP contribution in [0.1, 0.15) is 10.5 Å². The highest BCUT2D eigenvalue weighted by Gasteiger charge is 2.17. The fourth-order valence-electron chi connectivity index (χ4n) is 1.23. The Bertz CT molecular complexity index is 568. The molecule has 0 aliphatic heterocycles. The average molecular weight is 345 g/mol. The molecule has 0 aliphatic carbocycles. The molecule has 0 saturated carbocycles. The van der Waals surface area contributed by atoms with E-state index in [4.69, 9.17) is 5.73 Å². The maximum Gasteiger partial charge on any atom is 0.360 e. The Balaban J connectivity index is 2.49. The molecule has 2 heterocycles. The van der Waals surface area contributed by atoms with Crippen LogP contribution >= 0.6 is 22.6 Å². The van der Waals surface area contributed by atoms with Crippen molar-refractivity contribution in [1.29, 1.82) is 0 Å². The Morgan fingerprint density at radius 2 is 2.35 bits per heavy atom. The van der Waals surface area contributed by atoms with Crippen LogP contribution in [0.25, 0.3) is 5.82 Å². The molecule has 0 fully saturated rings. The van der Waals surface area contributed by atoms with Crippen molar-refractivity contribution in [3.8, 4) is 5.82 Å². The largest absolute Gasteiger partial charge is 0.464 e. The molecule has 0 amide bonds. The van der Waals surface area contributed by atoms with Gasteiger partial charge in [-0.05, 0) is 22.6 Å². The number of carbonyl (C=O) groups excluding carboxylic acids is 1. The second kappa shape index (κ2) is 4.65. The first-order chi connectivity index (χ1) is 8.13. The minimum absolute atomic E-state index is 0.0712. The summed E-state index contributed by atoms with van der Waals surface area (Å²) in [7, 11) is 1.27. The van der Waals surface area contributed by atoms with Crippen molar-refractivity contribution < 1.29 is 9.53 Å². The van der Waals surface area contributed by atoms with E-state index in [9.17, 15) is 4.79 Å². The van der Waals surface area contributed by atoms with E-state index in [2.05, 4.69) is 42.4 Å². The van der Waals surface area contributed by atoms with Gasteiger partial charge in [0.05, 0.1) is 22.6 Å². The number of hydrogen-bond donors (Lipinski definition) is 1. The molecular weight excluding hydrogens is 337 g/mol. The lowest BCUT2D eigenvalue weighted by molar-refractivity contribution is 0.0594. The highest BCUT2D eigenvalue weighted by atomic mass is 127. The maximum atomic E-state index is 11.4. The van der Waals surface area contributed by atoms with Gasteiger partial charge in [0, 0.05) is 6.20 Å². The van der Waals surface area contributed by atoms with Gasteiger partial charge in [0.25, 0.3) is 0 Å². The molecule has 0 bridgehead atoms. The van der Waals surface area contributed by atoms with Crippen LogP contribution in [0, 0.1) is 3.57 Å². The molecule has 0 atom stereocenters. The fourth-order valence-corrected chi connectivity index (χ4v) is 1.77. The molecule has 0 aliphatic rings. The first-order valence-electron chi connectivity index (χ1n) is 4.53. The summed E-state index contributed by atoms with van der Waals surface area (Å²) >= 11 is 2.07. The number of ether oxygens (including phenoxy) is 1. The van der Waals surface area contributed by atoms with Crippen molar-refractivity contribution in [3.63, 3.8) is 0 Å². The van der Waals surface area contributed by atoms with Crippen molar-refractivity contribution in [2.45, 2.75) is 0 Å². The number of nitrogen functional groups attached to an aromatic ring is 1. The van der Waals surface area contributed by atoms with Crippen molar-refractivity contribution in [2.24, 2.45) is 0 Å². The fraction of sp³-hybridized carbons (Fsp3) is 0.111. The first-order valence-corrected chi connectivity index (χ1v) is 5.60. The molecule has 8 heteroatoms. The van der Waals surface area contributed by atoms with E-state index < -0.39 is 5.97 Å². The number of nitrogens with zero attached hydrogens (tertiary/aromatic N) is 4. The smallest absolute Gasteiger partial charge is 0.360 e. The third-order valence-electron chi connectivity index (χ3n) is 1.99. The molecule has 2 aromatic rings. The van der Waals surface area contributed by atoms with Crippen LogP contribution in [-0.4, -0.2) is 32.8 Å². The molecular formula is C9H8IN5O2. The molecule has 7 nitrogen and oxygen atoms in total. The highest BCUT2D eigenvalue weighted by Crippen LogP contribution is 2.16. The number of halogens is 1. The molecule has 2 N–H and O–H groups in total. The third kappa shape index (κ3) is 2.20. The van der Waals surface area contributed by atoms with Gasteiger partial charge >= 0.3 is 5.97 Å². The average Bonchev–Trinajstić information content (AvgIpc) is 2.71. The summed E-state index contributed by atoms with van der Waals surface area (Å²) < 4.78 is 6.78. The van der Waals surface area contributed by atoms with Crippen LogP contribution in [0.5, 0.6) is 0 Å². The van der Waals surface area contributed by atoms with Gasteiger partial charge in [-0.3, -0.25) is 0 Å². The second-order valence-corrected chi connectivity index (χ2v) is 4.23. The van der Waals surface area contributed by atoms with Crippen LogP contribution in [0.2, 0.25) is 0 Å². The first kappa shape index (κ1) is 11.8. The van der Waals surface area contributed by atoms with E-state index in [-0.39, 0.29) is 11.4 Å². The number of aromatic nitrogens is 4. The number of nitrogens with two attached hydrogens (primary N) is 1. The zero-order valence-corrected chi connectivity index (χ0v) is 11.0. The van der Waals surface area contributed by atoms with Gasteiger partial charge in [-0.25, -0.2) is 19.4 Å². The van der Waals surface area contributed by atoms with Crippen LogP contribution in [0.15, 0.2) is 18.7 Å². The number of rotatable bonds is 2. The highest BCUT2D eigenvalue weighted by molar-refractivity contribution is 14.1. The molecule has 0 unspecified atom stereocenters. The van der Waals surface area contributed by atoms with Crippen molar-refractivity contribution >= 4 is 34.2 Å². The van der Waals surface area contributed by atoms with Gasteiger partial charge in [-0.1, -0.05) is 0 Å². The molecule has 0 saturated heterocycles. The summed E-state index contributed by atoms with van der Waals surface area (Å²) in [6.45, 7) is 0. The van der Waals surface area contributed by atoms with Crippen LogP contribution < -0.4 is 5.73 Å². The Kier molecular flexibility index (Phi) is 3.22. The van der Waals surface area contributed by atoms with Crippen molar-refractivity contribution in [1.82, 2.24) is 19.7 Å². The molecule has 17 heavy (non-hydrogen) atoms. The van der Waals surface area contributed by atoms with E-state index in [1.54, 1.807) is 6.20 Å². The number of hydrogen-bond acceptors (Lipinski definition) is 6. The maximum absolute atomic E-state index is 11.4. The Hall–Kier alpha value is -1.71. The monoisotopic (exact) mass is 345 g/mol. The third-order valence-corrected chi connectivity index (χ3v) is 2.75. The van der Waals surface area contributed by atoms with Gasteiger partial charge < -0.3 is 10.5 Å². The predicted molar refractivity (Wildman–Crippen MR) is 67.6 cm³/mol. The van der Waals surface area contributed by atoms with E-state index >= 15 is 0 Å². The molecule has 0 spiro atoms. The lowest BCUT2D eigenvalue weighted by Gasteiger charge is -2.00. The minimum Gasteiger partial charge on any atom is -0.464 e. The minimum atomic E-state index is -0.578. The number of anilines is 1. The van der Waals surface area contributed by atoms with Crippen molar-refractivity contribution in [2.75, 3.05) is 12.8 Å². The number of esters is 1. The van der Waals surface area contributed by atoms with Crippen LogP contribution in [0.3, 0.4) is 0 Å². The Labute approximate surface area is 110 Å². The quantitative estimate of drug-likeness (QED) is 0.634. The van der Waals surface area contributed by atoms with Gasteiger partial charge in [0.2, 0.25) is 0 Å². The molecule has 2 rings (SSSR count). The van der Waals surface area contributed by atoms with Crippen molar-refractivity contribution in [3.05, 3.63) is 28.0 Å². The van der Waals surface area contributed by atoms with Gasteiger partial charge in [0.15, 0.2) is 11.5 Å². The lowest BCUT2D eigenvalue weighted by Crippen LogP contribution is -2.07. The summed E-state index contributed by atoms with van der Waals surface area (Å²) in [4.78, 5) is 19.3. The van der Waals surface area contributed by atoms with E-state index in [1.807, 2.05) is 0 Å². The Morgan fingerprint density at radius 3 is 3.00 bits per heavy atom. The van der Waals surface area contributed by atoms with E-state index in [0.29, 0.717) is 5.82 Å². The van der Waals surface area contributed by atoms with E-state index in [1.165, 1.54) is 24.3 Å². The van der Waals surface area contributed by atoms with Crippen LogP contribution in [0.4, 0.5) is 5.69 Å². The van der Waals surface area contributed by atoms with Gasteiger partial charge in [-0.2, -0.15) is 5.10 Å². The normalized spacial score (nSPS) is 10.2. The summed E-state index contributed by atoms with van der Waals surface area (Å²) in [5, 5.41) is 4.03. The van der Waals surface area contributed by atoms with Crippen LogP contribution in [-0.2, 0) is 4.74 Å².